The van der Waals surface area contributed by atoms with Gasteiger partial charge in [0.15, 0.2) is 0 Å². The van der Waals surface area contributed by atoms with Crippen LogP contribution < -0.4 is 10.6 Å². The number of nitrogens with one attached hydrogen (secondary N) is 2. The Morgan fingerprint density at radius 3 is 2.46 bits per heavy atom. The van der Waals surface area contributed by atoms with Gasteiger partial charge >= 0.3 is 0 Å². The van der Waals surface area contributed by atoms with Crippen molar-refractivity contribution in [1.82, 2.24) is 15.5 Å². The first-order valence-corrected chi connectivity index (χ1v) is 9.68. The summed E-state index contributed by atoms with van der Waals surface area (Å²) in [7, 11) is 0. The standard InChI is InChI=1S/C21H28N4O/c22-14-18(21(26)24-20-8-4-5-9-20)15-23-19-10-12-25(13-11-19)16-17-6-2-1-3-7-17/h1-3,6-7,15,19-20,23H,4-5,8-13,16H2,(H,24,26)/b18-15-. The monoisotopic (exact) mass is 352 g/mol. The first-order chi connectivity index (χ1) is 12.7. The molecule has 2 fully saturated rings. The van der Waals surface area contributed by atoms with Gasteiger partial charge in [-0.05, 0) is 31.2 Å². The van der Waals surface area contributed by atoms with Crippen molar-refractivity contribution in [3.63, 3.8) is 0 Å². The van der Waals surface area contributed by atoms with Crippen molar-refractivity contribution in [3.05, 3.63) is 47.7 Å². The van der Waals surface area contributed by atoms with Crippen LogP contribution in [0, 0.1) is 11.3 Å². The van der Waals surface area contributed by atoms with E-state index < -0.39 is 0 Å². The van der Waals surface area contributed by atoms with Gasteiger partial charge in [-0.3, -0.25) is 9.69 Å². The first-order valence-electron chi connectivity index (χ1n) is 9.68. The summed E-state index contributed by atoms with van der Waals surface area (Å²) >= 11 is 0. The number of amides is 1. The summed E-state index contributed by atoms with van der Waals surface area (Å²) in [4.78, 5) is 14.7. The molecule has 0 spiro atoms. The number of hydrogen-bond donors (Lipinski definition) is 2. The molecule has 2 aliphatic rings. The van der Waals surface area contributed by atoms with Crippen LogP contribution in [-0.4, -0.2) is 36.0 Å². The van der Waals surface area contributed by atoms with Crippen molar-refractivity contribution in [2.45, 2.75) is 57.2 Å². The van der Waals surface area contributed by atoms with Gasteiger partial charge in [-0.1, -0.05) is 43.2 Å². The van der Waals surface area contributed by atoms with Crippen molar-refractivity contribution in [2.75, 3.05) is 13.1 Å². The zero-order valence-corrected chi connectivity index (χ0v) is 15.3. The summed E-state index contributed by atoms with van der Waals surface area (Å²) in [5.41, 5.74) is 1.53. The zero-order chi connectivity index (χ0) is 18.2. The molecule has 0 bridgehead atoms. The molecule has 0 unspecified atom stereocenters. The highest BCUT2D eigenvalue weighted by Crippen LogP contribution is 2.18. The number of hydrogen-bond acceptors (Lipinski definition) is 4. The highest BCUT2D eigenvalue weighted by Gasteiger charge is 2.21. The zero-order valence-electron chi connectivity index (χ0n) is 15.3. The van der Waals surface area contributed by atoms with Crippen LogP contribution in [0.25, 0.3) is 0 Å². The molecule has 0 radical (unpaired) electrons. The van der Waals surface area contributed by atoms with Crippen LogP contribution in [0.4, 0.5) is 0 Å². The molecule has 2 N–H and O–H groups in total. The van der Waals surface area contributed by atoms with Gasteiger partial charge in [-0.25, -0.2) is 0 Å². The fraction of sp³-hybridized carbons (Fsp3) is 0.524. The summed E-state index contributed by atoms with van der Waals surface area (Å²) in [6.45, 7) is 3.03. The van der Waals surface area contributed by atoms with Gasteiger partial charge in [0.2, 0.25) is 0 Å². The van der Waals surface area contributed by atoms with Crippen LogP contribution in [0.3, 0.4) is 0 Å². The van der Waals surface area contributed by atoms with E-state index in [1.165, 1.54) is 5.56 Å². The van der Waals surface area contributed by atoms with Crippen molar-refractivity contribution >= 4 is 5.91 Å². The smallest absolute Gasteiger partial charge is 0.263 e. The van der Waals surface area contributed by atoms with Crippen LogP contribution in [0.5, 0.6) is 0 Å². The Labute approximate surface area is 156 Å². The Morgan fingerprint density at radius 1 is 1.12 bits per heavy atom. The lowest BCUT2D eigenvalue weighted by atomic mass is 10.0. The van der Waals surface area contributed by atoms with E-state index in [0.717, 1.165) is 58.2 Å². The summed E-state index contributed by atoms with van der Waals surface area (Å²) in [6, 6.07) is 13.1. The van der Waals surface area contributed by atoms with Crippen LogP contribution in [0.1, 0.15) is 44.1 Å². The molecule has 26 heavy (non-hydrogen) atoms. The molecule has 1 aromatic rings. The number of likely N-dealkylation sites (tertiary alicyclic amines) is 1. The average Bonchev–Trinajstić information content (AvgIpc) is 3.17. The SMILES string of the molecule is N#C/C(=C/NC1CCN(Cc2ccccc2)CC1)C(=O)NC1CCCC1. The summed E-state index contributed by atoms with van der Waals surface area (Å²) in [5.74, 6) is -0.242. The third-order valence-corrected chi connectivity index (χ3v) is 5.36. The van der Waals surface area contributed by atoms with Crippen LogP contribution in [0.15, 0.2) is 42.1 Å². The molecule has 0 aromatic heterocycles. The molecular weight excluding hydrogens is 324 g/mol. The fourth-order valence-corrected chi connectivity index (χ4v) is 3.78. The van der Waals surface area contributed by atoms with Crippen LogP contribution in [0.2, 0.25) is 0 Å². The molecule has 1 aliphatic heterocycles. The van der Waals surface area contributed by atoms with E-state index in [4.69, 9.17) is 0 Å². The van der Waals surface area contributed by atoms with Gasteiger partial charge < -0.3 is 10.6 Å². The van der Waals surface area contributed by atoms with Gasteiger partial charge in [0.1, 0.15) is 11.6 Å². The minimum Gasteiger partial charge on any atom is -0.387 e. The molecule has 1 heterocycles. The molecule has 1 aromatic carbocycles. The second-order valence-electron chi connectivity index (χ2n) is 7.33. The van der Waals surface area contributed by atoms with Crippen molar-refractivity contribution < 1.29 is 4.79 Å². The maximum Gasteiger partial charge on any atom is 0.263 e. The van der Waals surface area contributed by atoms with E-state index in [1.54, 1.807) is 6.20 Å². The lowest BCUT2D eigenvalue weighted by Crippen LogP contribution is -2.41. The van der Waals surface area contributed by atoms with Gasteiger partial charge in [-0.2, -0.15) is 5.26 Å². The Morgan fingerprint density at radius 2 is 1.81 bits per heavy atom. The van der Waals surface area contributed by atoms with E-state index in [1.807, 2.05) is 12.1 Å². The van der Waals surface area contributed by atoms with E-state index in [0.29, 0.717) is 6.04 Å². The van der Waals surface area contributed by atoms with Gasteiger partial charge in [0, 0.05) is 37.9 Å². The molecule has 0 atom stereocenters. The lowest BCUT2D eigenvalue weighted by molar-refractivity contribution is -0.117. The third kappa shape index (κ3) is 5.34. The maximum absolute atomic E-state index is 12.2. The molecule has 1 saturated heterocycles. The number of carbonyl (C=O) groups excluding carboxylic acids is 1. The molecule has 1 saturated carbocycles. The summed E-state index contributed by atoms with van der Waals surface area (Å²) in [6.07, 6.45) is 8.03. The van der Waals surface area contributed by atoms with Crippen molar-refractivity contribution in [1.29, 1.82) is 5.26 Å². The highest BCUT2D eigenvalue weighted by molar-refractivity contribution is 5.97. The molecule has 3 rings (SSSR count). The first kappa shape index (κ1) is 18.5. The molecule has 138 valence electrons. The molecule has 5 heteroatoms. The highest BCUT2D eigenvalue weighted by atomic mass is 16.1. The largest absolute Gasteiger partial charge is 0.387 e. The predicted molar refractivity (Wildman–Crippen MR) is 102 cm³/mol. The number of nitrogens with zero attached hydrogens (tertiary/aromatic N) is 2. The number of benzene rings is 1. The van der Waals surface area contributed by atoms with Gasteiger partial charge in [0.25, 0.3) is 5.91 Å². The summed E-state index contributed by atoms with van der Waals surface area (Å²) < 4.78 is 0. The Bertz CT molecular complexity index is 650. The van der Waals surface area contributed by atoms with E-state index >= 15 is 0 Å². The minimum atomic E-state index is -0.242. The number of carbonyl (C=O) groups is 1. The van der Waals surface area contributed by atoms with Crippen LogP contribution >= 0.6 is 0 Å². The van der Waals surface area contributed by atoms with Crippen molar-refractivity contribution in [3.8, 4) is 6.07 Å². The minimum absolute atomic E-state index is 0.184. The van der Waals surface area contributed by atoms with Crippen LogP contribution in [-0.2, 0) is 11.3 Å². The number of piperidine rings is 1. The normalized spacial score (nSPS) is 19.9. The lowest BCUT2D eigenvalue weighted by Gasteiger charge is -2.32. The predicted octanol–water partition coefficient (Wildman–Crippen LogP) is 2.71. The van der Waals surface area contributed by atoms with E-state index in [2.05, 4.69) is 39.8 Å². The van der Waals surface area contributed by atoms with E-state index in [9.17, 15) is 10.1 Å². The molecular formula is C21H28N4O. The quantitative estimate of drug-likeness (QED) is 0.610. The van der Waals surface area contributed by atoms with E-state index in [-0.39, 0.29) is 17.5 Å². The second-order valence-corrected chi connectivity index (χ2v) is 7.33. The second kappa shape index (κ2) is 9.40. The average molecular weight is 352 g/mol. The molecule has 5 nitrogen and oxygen atoms in total. The molecule has 1 amide bonds. The summed E-state index contributed by atoms with van der Waals surface area (Å²) in [5, 5.41) is 15.5. The number of rotatable bonds is 6. The number of nitriles is 1. The Kier molecular flexibility index (Phi) is 6.68. The Hall–Kier alpha value is -2.32. The third-order valence-electron chi connectivity index (χ3n) is 5.36. The fourth-order valence-electron chi connectivity index (χ4n) is 3.78. The maximum atomic E-state index is 12.2. The van der Waals surface area contributed by atoms with Gasteiger partial charge in [0.05, 0.1) is 0 Å². The topological polar surface area (TPSA) is 68.2 Å². The van der Waals surface area contributed by atoms with Crippen molar-refractivity contribution in [2.24, 2.45) is 0 Å². The van der Waals surface area contributed by atoms with Gasteiger partial charge in [-0.15, -0.1) is 0 Å². The molecule has 1 aliphatic carbocycles. The Balaban J connectivity index is 1.43.